The van der Waals surface area contributed by atoms with Gasteiger partial charge in [0.15, 0.2) is 11.5 Å². The minimum atomic E-state index is -4.37. The van der Waals surface area contributed by atoms with E-state index >= 15 is 0 Å². The lowest BCUT2D eigenvalue weighted by atomic mass is 10.2. The molecule has 0 saturated heterocycles. The standard InChI is InChI=1S/C20H19O7P/c1-15-6-10-18(11-7-15)23-26-28(22,25-20-5-3-4-17(21)14-20)27-24-19-12-8-16(2)9-13-19/h3-14,21H,1-2H3. The van der Waals surface area contributed by atoms with Crippen LogP contribution in [0.2, 0.25) is 0 Å². The number of aromatic hydroxyl groups is 1. The number of aryl methyl sites for hydroxylation is 2. The molecule has 0 bridgehead atoms. The largest absolute Gasteiger partial charge is 0.604 e. The van der Waals surface area contributed by atoms with Gasteiger partial charge in [-0.1, -0.05) is 50.8 Å². The Labute approximate surface area is 162 Å². The first-order valence-corrected chi connectivity index (χ1v) is 9.82. The molecule has 146 valence electrons. The number of hydrogen-bond acceptors (Lipinski definition) is 7. The van der Waals surface area contributed by atoms with Gasteiger partial charge in [-0.2, -0.15) is 0 Å². The molecule has 0 atom stereocenters. The predicted octanol–water partition coefficient (Wildman–Crippen LogP) is 5.52. The minimum absolute atomic E-state index is 0.0448. The molecule has 0 aliphatic rings. The van der Waals surface area contributed by atoms with Crippen LogP contribution in [0.5, 0.6) is 23.0 Å². The summed E-state index contributed by atoms with van der Waals surface area (Å²) in [5, 5.41) is 9.56. The van der Waals surface area contributed by atoms with E-state index < -0.39 is 7.82 Å². The van der Waals surface area contributed by atoms with Gasteiger partial charge in [-0.3, -0.25) is 0 Å². The molecule has 0 spiro atoms. The summed E-state index contributed by atoms with van der Waals surface area (Å²) in [7, 11) is -4.37. The lowest BCUT2D eigenvalue weighted by molar-refractivity contribution is -0.185. The molecule has 0 aliphatic carbocycles. The van der Waals surface area contributed by atoms with Gasteiger partial charge >= 0.3 is 7.82 Å². The second kappa shape index (κ2) is 8.80. The van der Waals surface area contributed by atoms with Crippen molar-refractivity contribution in [3.63, 3.8) is 0 Å². The molecule has 1 N–H and O–H groups in total. The van der Waals surface area contributed by atoms with Crippen LogP contribution >= 0.6 is 7.82 Å². The number of hydrogen-bond donors (Lipinski definition) is 1. The van der Waals surface area contributed by atoms with E-state index in [0.717, 1.165) is 11.1 Å². The summed E-state index contributed by atoms with van der Waals surface area (Å²) in [5.74, 6) is 0.555. The molecule has 0 radical (unpaired) electrons. The van der Waals surface area contributed by atoms with Crippen molar-refractivity contribution in [3.05, 3.63) is 83.9 Å². The Morgan fingerprint density at radius 2 is 1.21 bits per heavy atom. The molecule has 8 heteroatoms. The monoisotopic (exact) mass is 402 g/mol. The third kappa shape index (κ3) is 5.76. The van der Waals surface area contributed by atoms with Crippen molar-refractivity contribution in [2.45, 2.75) is 13.8 Å². The average Bonchev–Trinajstić information content (AvgIpc) is 2.67. The number of benzene rings is 3. The Bertz CT molecular complexity index is 902. The Morgan fingerprint density at radius 3 is 1.68 bits per heavy atom. The highest BCUT2D eigenvalue weighted by Crippen LogP contribution is 2.50. The molecule has 28 heavy (non-hydrogen) atoms. The van der Waals surface area contributed by atoms with E-state index in [4.69, 9.17) is 23.6 Å². The van der Waals surface area contributed by atoms with Crippen LogP contribution in [0.4, 0.5) is 0 Å². The van der Waals surface area contributed by atoms with Crippen molar-refractivity contribution >= 4 is 7.82 Å². The first kappa shape index (κ1) is 19.8. The van der Waals surface area contributed by atoms with Crippen LogP contribution in [-0.4, -0.2) is 5.11 Å². The zero-order valence-electron chi connectivity index (χ0n) is 15.3. The third-order valence-corrected chi connectivity index (χ3v) is 4.48. The van der Waals surface area contributed by atoms with Crippen molar-refractivity contribution < 1.29 is 33.3 Å². The molecular weight excluding hydrogens is 383 g/mol. The van der Waals surface area contributed by atoms with Crippen molar-refractivity contribution in [1.82, 2.24) is 0 Å². The second-order valence-corrected chi connectivity index (χ2v) is 7.35. The fraction of sp³-hybridized carbons (Fsp3) is 0.100. The maximum absolute atomic E-state index is 13.0. The van der Waals surface area contributed by atoms with E-state index in [-0.39, 0.29) is 11.5 Å². The van der Waals surface area contributed by atoms with Gasteiger partial charge in [0.2, 0.25) is 0 Å². The number of phosphoric acid groups is 1. The van der Waals surface area contributed by atoms with E-state index in [1.807, 2.05) is 13.8 Å². The first-order valence-electron chi connectivity index (χ1n) is 8.36. The van der Waals surface area contributed by atoms with Crippen LogP contribution in [0.1, 0.15) is 11.1 Å². The van der Waals surface area contributed by atoms with E-state index in [1.165, 1.54) is 24.3 Å². The predicted molar refractivity (Wildman–Crippen MR) is 102 cm³/mol. The summed E-state index contributed by atoms with van der Waals surface area (Å²) in [6.45, 7) is 3.83. The van der Waals surface area contributed by atoms with E-state index in [0.29, 0.717) is 11.5 Å². The quantitative estimate of drug-likeness (QED) is 0.302. The van der Waals surface area contributed by atoms with Crippen LogP contribution in [-0.2, 0) is 13.9 Å². The Balaban J connectivity index is 1.74. The van der Waals surface area contributed by atoms with Crippen LogP contribution in [0.15, 0.2) is 72.8 Å². The maximum atomic E-state index is 13.0. The van der Waals surface area contributed by atoms with Crippen LogP contribution < -0.4 is 14.3 Å². The topological polar surface area (TPSA) is 83.5 Å². The maximum Gasteiger partial charge on any atom is 0.604 e. The average molecular weight is 402 g/mol. The fourth-order valence-electron chi connectivity index (χ4n) is 2.08. The number of rotatable bonds is 8. The van der Waals surface area contributed by atoms with Gasteiger partial charge in [-0.15, -0.1) is 0 Å². The normalized spacial score (nSPS) is 11.1. The van der Waals surface area contributed by atoms with Crippen molar-refractivity contribution in [3.8, 4) is 23.0 Å². The number of phenolic OH excluding ortho intramolecular Hbond substituents is 1. The number of phenols is 1. The van der Waals surface area contributed by atoms with Gasteiger partial charge in [-0.05, 0) is 50.2 Å². The summed E-state index contributed by atoms with van der Waals surface area (Å²) in [5.41, 5.74) is 2.04. The first-order chi connectivity index (χ1) is 13.4. The highest BCUT2D eigenvalue weighted by molar-refractivity contribution is 7.48. The lowest BCUT2D eigenvalue weighted by Gasteiger charge is -2.16. The van der Waals surface area contributed by atoms with E-state index in [1.54, 1.807) is 48.5 Å². The Morgan fingerprint density at radius 1 is 0.714 bits per heavy atom. The molecule has 0 unspecified atom stereocenters. The zero-order valence-corrected chi connectivity index (χ0v) is 16.2. The molecular formula is C20H19O7P. The summed E-state index contributed by atoms with van der Waals surface area (Å²) in [6, 6.07) is 19.4. The molecule has 0 amide bonds. The van der Waals surface area contributed by atoms with Gasteiger partial charge in [0, 0.05) is 6.07 Å². The summed E-state index contributed by atoms with van der Waals surface area (Å²) >= 11 is 0. The highest BCUT2D eigenvalue weighted by Gasteiger charge is 2.35. The zero-order chi connectivity index (χ0) is 20.0. The van der Waals surface area contributed by atoms with Gasteiger partial charge in [0.05, 0.1) is 0 Å². The molecule has 3 aromatic carbocycles. The molecule has 3 aromatic rings. The minimum Gasteiger partial charge on any atom is -0.508 e. The van der Waals surface area contributed by atoms with Crippen molar-refractivity contribution in [2.24, 2.45) is 0 Å². The van der Waals surface area contributed by atoms with Gasteiger partial charge in [0.1, 0.15) is 11.5 Å². The molecule has 0 heterocycles. The van der Waals surface area contributed by atoms with E-state index in [9.17, 15) is 9.67 Å². The Kier molecular flexibility index (Phi) is 6.21. The Hall–Kier alpha value is -2.99. The van der Waals surface area contributed by atoms with Crippen LogP contribution in [0.3, 0.4) is 0 Å². The summed E-state index contributed by atoms with van der Waals surface area (Å²) in [4.78, 5) is 10.2. The van der Waals surface area contributed by atoms with E-state index in [2.05, 4.69) is 0 Å². The van der Waals surface area contributed by atoms with Gasteiger partial charge in [-0.25, -0.2) is 4.57 Å². The highest BCUT2D eigenvalue weighted by atomic mass is 31.2. The molecule has 7 nitrogen and oxygen atoms in total. The molecule has 0 saturated carbocycles. The lowest BCUT2D eigenvalue weighted by Crippen LogP contribution is -2.07. The van der Waals surface area contributed by atoms with Crippen molar-refractivity contribution in [1.29, 1.82) is 0 Å². The van der Waals surface area contributed by atoms with Gasteiger partial charge in [0.25, 0.3) is 0 Å². The van der Waals surface area contributed by atoms with Crippen molar-refractivity contribution in [2.75, 3.05) is 0 Å². The van der Waals surface area contributed by atoms with Crippen LogP contribution in [0, 0.1) is 13.8 Å². The SMILES string of the molecule is Cc1ccc(OOP(=O)(OOc2ccc(C)cc2)Oc2cccc(O)c2)cc1. The fourth-order valence-corrected chi connectivity index (χ4v) is 2.89. The van der Waals surface area contributed by atoms with Gasteiger partial charge < -0.3 is 19.4 Å². The second-order valence-electron chi connectivity index (χ2n) is 5.98. The molecule has 0 aromatic heterocycles. The smallest absolute Gasteiger partial charge is 0.508 e. The molecule has 3 rings (SSSR count). The molecule has 0 aliphatic heterocycles. The summed E-state index contributed by atoms with van der Waals surface area (Å²) < 4.78 is 28.1. The van der Waals surface area contributed by atoms with Crippen LogP contribution in [0.25, 0.3) is 0 Å². The molecule has 0 fully saturated rings. The third-order valence-electron chi connectivity index (χ3n) is 3.53. The summed E-state index contributed by atoms with van der Waals surface area (Å²) in [6.07, 6.45) is 0.